The summed E-state index contributed by atoms with van der Waals surface area (Å²) in [6.07, 6.45) is 10.6. The fourth-order valence-corrected chi connectivity index (χ4v) is 5.98. The molecule has 6 heteroatoms. The highest BCUT2D eigenvalue weighted by atomic mass is 32.2. The predicted molar refractivity (Wildman–Crippen MR) is 104 cm³/mol. The molecule has 3 fully saturated rings. The van der Waals surface area contributed by atoms with Crippen molar-refractivity contribution in [3.63, 3.8) is 0 Å². The molecule has 3 aliphatic rings. The van der Waals surface area contributed by atoms with Gasteiger partial charge in [0.2, 0.25) is 5.91 Å². The first-order chi connectivity index (χ1) is 13.2. The van der Waals surface area contributed by atoms with Crippen LogP contribution in [-0.4, -0.2) is 47.1 Å². The zero-order chi connectivity index (χ0) is 18.6. The number of furan rings is 1. The van der Waals surface area contributed by atoms with Crippen LogP contribution in [0.3, 0.4) is 0 Å². The smallest absolute Gasteiger partial charge is 0.236 e. The second-order valence-corrected chi connectivity index (χ2v) is 9.24. The Morgan fingerprint density at radius 3 is 2.85 bits per heavy atom. The summed E-state index contributed by atoms with van der Waals surface area (Å²) in [6, 6.07) is 3.49. The van der Waals surface area contributed by atoms with Crippen molar-refractivity contribution in [3.8, 4) is 0 Å². The van der Waals surface area contributed by atoms with Crippen LogP contribution >= 0.6 is 11.8 Å². The number of fused-ring (bicyclic) bond motifs is 1. The van der Waals surface area contributed by atoms with Crippen LogP contribution in [0.15, 0.2) is 22.8 Å². The van der Waals surface area contributed by atoms with Crippen molar-refractivity contribution in [1.29, 1.82) is 0 Å². The number of rotatable bonds is 6. The first-order valence-electron chi connectivity index (χ1n) is 10.3. The number of ether oxygens (including phenoxy) is 1. The Bertz CT molecular complexity index is 641. The molecule has 148 valence electrons. The second-order valence-electron chi connectivity index (χ2n) is 8.05. The molecule has 1 aromatic heterocycles. The van der Waals surface area contributed by atoms with E-state index in [1.165, 1.54) is 32.1 Å². The van der Waals surface area contributed by atoms with Gasteiger partial charge in [0.15, 0.2) is 5.78 Å². The maximum absolute atomic E-state index is 13.5. The molecule has 1 amide bonds. The maximum Gasteiger partial charge on any atom is 0.236 e. The Morgan fingerprint density at radius 2 is 2.07 bits per heavy atom. The highest BCUT2D eigenvalue weighted by molar-refractivity contribution is 7.99. The molecule has 0 spiro atoms. The van der Waals surface area contributed by atoms with E-state index in [4.69, 9.17) is 9.15 Å². The van der Waals surface area contributed by atoms with E-state index >= 15 is 0 Å². The summed E-state index contributed by atoms with van der Waals surface area (Å²) in [5.41, 5.74) is 0. The van der Waals surface area contributed by atoms with Crippen LogP contribution in [0.25, 0.3) is 0 Å². The lowest BCUT2D eigenvalue weighted by Crippen LogP contribution is -2.54. The van der Waals surface area contributed by atoms with Gasteiger partial charge in [-0.3, -0.25) is 9.59 Å². The lowest BCUT2D eigenvalue weighted by Gasteiger charge is -2.38. The number of amides is 1. The first-order valence-corrected chi connectivity index (χ1v) is 11.4. The number of carbonyl (C=O) groups is 2. The lowest BCUT2D eigenvalue weighted by molar-refractivity contribution is -0.140. The molecule has 0 bridgehead atoms. The third-order valence-corrected chi connectivity index (χ3v) is 7.43. The minimum atomic E-state index is -0.357. The van der Waals surface area contributed by atoms with Crippen molar-refractivity contribution in [1.82, 2.24) is 4.90 Å². The molecule has 27 heavy (non-hydrogen) atoms. The minimum Gasteiger partial charge on any atom is -0.468 e. The number of carbonyl (C=O) groups excluding carboxylic acids is 2. The average molecular weight is 392 g/mol. The average Bonchev–Trinajstić information content (AvgIpc) is 3.35. The van der Waals surface area contributed by atoms with Crippen molar-refractivity contribution in [2.75, 3.05) is 13.2 Å². The van der Waals surface area contributed by atoms with Crippen molar-refractivity contribution < 1.29 is 18.7 Å². The minimum absolute atomic E-state index is 0.0699. The van der Waals surface area contributed by atoms with Crippen molar-refractivity contribution in [3.05, 3.63) is 24.2 Å². The molecule has 3 atom stereocenters. The van der Waals surface area contributed by atoms with E-state index in [9.17, 15) is 9.59 Å². The summed E-state index contributed by atoms with van der Waals surface area (Å²) < 4.78 is 11.1. The van der Waals surface area contributed by atoms with E-state index in [0.29, 0.717) is 18.2 Å². The van der Waals surface area contributed by atoms with E-state index in [-0.39, 0.29) is 35.7 Å². The van der Waals surface area contributed by atoms with Gasteiger partial charge < -0.3 is 14.1 Å². The quantitative estimate of drug-likeness (QED) is 0.738. The fraction of sp³-hybridized carbons (Fsp3) is 0.714. The molecule has 4 rings (SSSR count). The van der Waals surface area contributed by atoms with Gasteiger partial charge in [0, 0.05) is 6.54 Å². The van der Waals surface area contributed by atoms with Crippen LogP contribution in [0.2, 0.25) is 0 Å². The van der Waals surface area contributed by atoms with E-state index in [1.807, 2.05) is 17.0 Å². The Balaban J connectivity index is 1.47. The molecule has 2 aliphatic heterocycles. The van der Waals surface area contributed by atoms with Gasteiger partial charge in [-0.25, -0.2) is 0 Å². The van der Waals surface area contributed by atoms with Crippen LogP contribution in [0, 0.1) is 5.92 Å². The Morgan fingerprint density at radius 1 is 1.22 bits per heavy atom. The van der Waals surface area contributed by atoms with E-state index in [1.54, 1.807) is 18.0 Å². The van der Waals surface area contributed by atoms with Crippen LogP contribution in [0.4, 0.5) is 0 Å². The largest absolute Gasteiger partial charge is 0.468 e. The van der Waals surface area contributed by atoms with E-state index in [0.717, 1.165) is 25.0 Å². The molecule has 2 saturated heterocycles. The molecule has 1 aromatic rings. The van der Waals surface area contributed by atoms with Gasteiger partial charge >= 0.3 is 0 Å². The van der Waals surface area contributed by atoms with Crippen molar-refractivity contribution in [2.45, 2.75) is 74.5 Å². The number of nitrogens with zero attached hydrogens (tertiary/aromatic N) is 1. The number of thioether (sulfide) groups is 1. The molecular weight excluding hydrogens is 362 g/mol. The monoisotopic (exact) mass is 391 g/mol. The summed E-state index contributed by atoms with van der Waals surface area (Å²) in [5.74, 6) is 2.42. The molecule has 0 aromatic carbocycles. The molecule has 3 heterocycles. The van der Waals surface area contributed by atoms with Crippen molar-refractivity contribution in [2.24, 2.45) is 5.92 Å². The van der Waals surface area contributed by atoms with Crippen LogP contribution in [-0.2, 0) is 20.1 Å². The number of ketones is 1. The topological polar surface area (TPSA) is 59.8 Å². The van der Waals surface area contributed by atoms with Crippen LogP contribution in [0.5, 0.6) is 0 Å². The Kier molecular flexibility index (Phi) is 6.23. The van der Waals surface area contributed by atoms with Crippen molar-refractivity contribution >= 4 is 23.5 Å². The number of likely N-dealkylation sites (tertiary alicyclic amines) is 1. The zero-order valence-electron chi connectivity index (χ0n) is 15.8. The Hall–Kier alpha value is -1.27. The summed E-state index contributed by atoms with van der Waals surface area (Å²) in [7, 11) is 0. The molecule has 0 unspecified atom stereocenters. The number of hydrogen-bond acceptors (Lipinski definition) is 5. The van der Waals surface area contributed by atoms with Gasteiger partial charge in [-0.15, -0.1) is 11.8 Å². The highest BCUT2D eigenvalue weighted by Crippen LogP contribution is 2.35. The molecule has 0 radical (unpaired) electrons. The van der Waals surface area contributed by atoms with Crippen LogP contribution in [0.1, 0.15) is 57.1 Å². The zero-order valence-corrected chi connectivity index (χ0v) is 16.6. The van der Waals surface area contributed by atoms with Gasteiger partial charge in [-0.2, -0.15) is 0 Å². The standard InChI is InChI=1S/C21H29NO4S/c23-17-13-26-18-9-4-10-22(20(17)18)21(24)19(12-15-6-2-1-3-7-15)27-14-16-8-5-11-25-16/h5,8,11,15,18-20H,1-4,6-7,9-10,12-14H2/t18-,19-,20-/m0/s1. The second kappa shape index (κ2) is 8.82. The predicted octanol–water partition coefficient (Wildman–Crippen LogP) is 3.81. The Labute approximate surface area is 165 Å². The van der Waals surface area contributed by atoms with Gasteiger partial charge in [-0.1, -0.05) is 32.1 Å². The molecular formula is C21H29NO4S. The third-order valence-electron chi connectivity index (χ3n) is 6.18. The van der Waals surface area contributed by atoms with Crippen LogP contribution < -0.4 is 0 Å². The van der Waals surface area contributed by atoms with E-state index < -0.39 is 0 Å². The molecule has 1 saturated carbocycles. The summed E-state index contributed by atoms with van der Waals surface area (Å²) in [6.45, 7) is 0.837. The molecule has 5 nitrogen and oxygen atoms in total. The summed E-state index contributed by atoms with van der Waals surface area (Å²) in [5, 5.41) is -0.106. The molecule has 1 aliphatic carbocycles. The number of piperidine rings is 1. The third kappa shape index (κ3) is 4.43. The number of hydrogen-bond donors (Lipinski definition) is 0. The maximum atomic E-state index is 13.5. The van der Waals surface area contributed by atoms with E-state index in [2.05, 4.69) is 0 Å². The van der Waals surface area contributed by atoms with Gasteiger partial charge in [0.05, 0.1) is 23.4 Å². The normalized spacial score (nSPS) is 27.6. The van der Waals surface area contributed by atoms with Gasteiger partial charge in [0.1, 0.15) is 18.4 Å². The van der Waals surface area contributed by atoms with Gasteiger partial charge in [-0.05, 0) is 37.3 Å². The summed E-state index contributed by atoms with van der Waals surface area (Å²) in [4.78, 5) is 27.7. The number of Topliss-reactive ketones (excluding diaryl/α,β-unsaturated/α-hetero) is 1. The SMILES string of the molecule is O=C1CO[C@H]2CCCN(C(=O)[C@H](CC3CCCCC3)SCc3ccco3)[C@@H]12. The first kappa shape index (κ1) is 19.1. The highest BCUT2D eigenvalue weighted by Gasteiger charge is 2.45. The molecule has 0 N–H and O–H groups in total. The fourth-order valence-electron chi connectivity index (χ4n) is 4.77. The lowest BCUT2D eigenvalue weighted by atomic mass is 9.85. The van der Waals surface area contributed by atoms with Gasteiger partial charge in [0.25, 0.3) is 0 Å². The summed E-state index contributed by atoms with van der Waals surface area (Å²) >= 11 is 1.67.